The topological polar surface area (TPSA) is 41.5 Å². The molecule has 0 radical (unpaired) electrons. The van der Waals surface area contributed by atoms with Gasteiger partial charge in [0.05, 0.1) is 13.2 Å². The fraction of sp³-hybridized carbons (Fsp3) is 0.600. The van der Waals surface area contributed by atoms with Crippen LogP contribution in [0.1, 0.15) is 36.8 Å². The summed E-state index contributed by atoms with van der Waals surface area (Å²) in [7, 11) is 1.70. The SMILES string of the molecule is COc1ccc(CNC2CCCC(O)C2)cc1C. The van der Waals surface area contributed by atoms with Crippen molar-refractivity contribution in [3.05, 3.63) is 29.3 Å². The van der Waals surface area contributed by atoms with Gasteiger partial charge in [-0.3, -0.25) is 0 Å². The van der Waals surface area contributed by atoms with Crippen molar-refractivity contribution in [3.8, 4) is 5.75 Å². The second-order valence-electron chi connectivity index (χ2n) is 5.20. The number of rotatable bonds is 4. The van der Waals surface area contributed by atoms with Crippen LogP contribution in [0.2, 0.25) is 0 Å². The molecule has 1 aliphatic carbocycles. The van der Waals surface area contributed by atoms with Crippen LogP contribution in [0, 0.1) is 6.92 Å². The summed E-state index contributed by atoms with van der Waals surface area (Å²) >= 11 is 0. The van der Waals surface area contributed by atoms with Gasteiger partial charge in [-0.05, 0) is 49.8 Å². The minimum atomic E-state index is -0.117. The first kappa shape index (κ1) is 13.4. The molecule has 3 nitrogen and oxygen atoms in total. The zero-order chi connectivity index (χ0) is 13.0. The molecule has 0 aliphatic heterocycles. The van der Waals surface area contributed by atoms with Crippen molar-refractivity contribution in [2.75, 3.05) is 7.11 Å². The molecule has 0 bridgehead atoms. The van der Waals surface area contributed by atoms with Crippen LogP contribution in [0.15, 0.2) is 18.2 Å². The zero-order valence-electron chi connectivity index (χ0n) is 11.3. The number of hydrogen-bond donors (Lipinski definition) is 2. The third-order valence-electron chi connectivity index (χ3n) is 3.70. The second-order valence-corrected chi connectivity index (χ2v) is 5.20. The Labute approximate surface area is 109 Å². The van der Waals surface area contributed by atoms with Gasteiger partial charge in [0.2, 0.25) is 0 Å². The Morgan fingerprint density at radius 1 is 1.39 bits per heavy atom. The van der Waals surface area contributed by atoms with Crippen LogP contribution in [0.4, 0.5) is 0 Å². The van der Waals surface area contributed by atoms with Crippen LogP contribution in [-0.4, -0.2) is 24.4 Å². The molecule has 1 aromatic carbocycles. The van der Waals surface area contributed by atoms with Crippen LogP contribution >= 0.6 is 0 Å². The summed E-state index contributed by atoms with van der Waals surface area (Å²) in [4.78, 5) is 0. The molecule has 1 fully saturated rings. The van der Waals surface area contributed by atoms with E-state index in [4.69, 9.17) is 4.74 Å². The van der Waals surface area contributed by atoms with Crippen LogP contribution in [0.3, 0.4) is 0 Å². The lowest BCUT2D eigenvalue weighted by molar-refractivity contribution is 0.111. The van der Waals surface area contributed by atoms with E-state index in [9.17, 15) is 5.11 Å². The molecule has 0 saturated heterocycles. The largest absolute Gasteiger partial charge is 0.496 e. The molecule has 0 amide bonds. The van der Waals surface area contributed by atoms with Gasteiger partial charge in [0.25, 0.3) is 0 Å². The summed E-state index contributed by atoms with van der Waals surface area (Å²) in [5.41, 5.74) is 2.44. The van der Waals surface area contributed by atoms with E-state index in [1.807, 2.05) is 6.07 Å². The fourth-order valence-electron chi connectivity index (χ4n) is 2.66. The van der Waals surface area contributed by atoms with Gasteiger partial charge in [0, 0.05) is 12.6 Å². The van der Waals surface area contributed by atoms with Gasteiger partial charge in [0.15, 0.2) is 0 Å². The molecule has 2 unspecified atom stereocenters. The Balaban J connectivity index is 1.88. The lowest BCUT2D eigenvalue weighted by Gasteiger charge is -2.26. The standard InChI is InChI=1S/C15H23NO2/c1-11-8-12(6-7-15(11)18-2)10-16-13-4-3-5-14(17)9-13/h6-8,13-14,16-17H,3-5,9-10H2,1-2H3. The minimum Gasteiger partial charge on any atom is -0.496 e. The van der Waals surface area contributed by atoms with E-state index in [0.29, 0.717) is 6.04 Å². The predicted molar refractivity (Wildman–Crippen MR) is 72.8 cm³/mol. The minimum absolute atomic E-state index is 0.117. The zero-order valence-corrected chi connectivity index (χ0v) is 11.3. The summed E-state index contributed by atoms with van der Waals surface area (Å²) in [6.07, 6.45) is 4.02. The van der Waals surface area contributed by atoms with Crippen molar-refractivity contribution in [2.24, 2.45) is 0 Å². The van der Waals surface area contributed by atoms with E-state index < -0.39 is 0 Å². The Morgan fingerprint density at radius 3 is 2.89 bits per heavy atom. The number of aliphatic hydroxyl groups is 1. The molecule has 0 spiro atoms. The van der Waals surface area contributed by atoms with E-state index in [-0.39, 0.29) is 6.10 Å². The molecule has 18 heavy (non-hydrogen) atoms. The number of hydrogen-bond acceptors (Lipinski definition) is 3. The molecule has 3 heteroatoms. The average molecular weight is 249 g/mol. The van der Waals surface area contributed by atoms with Gasteiger partial charge < -0.3 is 15.2 Å². The van der Waals surface area contributed by atoms with Crippen molar-refractivity contribution in [1.82, 2.24) is 5.32 Å². The fourth-order valence-corrected chi connectivity index (χ4v) is 2.66. The maximum atomic E-state index is 9.63. The maximum Gasteiger partial charge on any atom is 0.121 e. The second kappa shape index (κ2) is 6.21. The van der Waals surface area contributed by atoms with Crippen molar-refractivity contribution in [1.29, 1.82) is 0 Å². The predicted octanol–water partition coefficient (Wildman–Crippen LogP) is 2.40. The van der Waals surface area contributed by atoms with Gasteiger partial charge in [-0.1, -0.05) is 12.1 Å². The molecular weight excluding hydrogens is 226 g/mol. The lowest BCUT2D eigenvalue weighted by Crippen LogP contribution is -2.35. The van der Waals surface area contributed by atoms with Gasteiger partial charge in [-0.25, -0.2) is 0 Å². The Morgan fingerprint density at radius 2 is 2.22 bits per heavy atom. The molecule has 1 saturated carbocycles. The highest BCUT2D eigenvalue weighted by Crippen LogP contribution is 2.20. The number of aryl methyl sites for hydroxylation is 1. The molecule has 0 aromatic heterocycles. The molecule has 2 N–H and O–H groups in total. The van der Waals surface area contributed by atoms with E-state index in [1.54, 1.807) is 7.11 Å². The summed E-state index contributed by atoms with van der Waals surface area (Å²) in [5.74, 6) is 0.937. The number of ether oxygens (including phenoxy) is 1. The van der Waals surface area contributed by atoms with Crippen LogP contribution in [0.25, 0.3) is 0 Å². The summed E-state index contributed by atoms with van der Waals surface area (Å²) in [6.45, 7) is 2.93. The maximum absolute atomic E-state index is 9.63. The average Bonchev–Trinajstić information content (AvgIpc) is 2.37. The van der Waals surface area contributed by atoms with E-state index in [2.05, 4.69) is 24.4 Å². The van der Waals surface area contributed by atoms with Crippen molar-refractivity contribution in [2.45, 2.75) is 51.3 Å². The Hall–Kier alpha value is -1.06. The summed E-state index contributed by atoms with van der Waals surface area (Å²) in [6, 6.07) is 6.72. The van der Waals surface area contributed by atoms with Crippen LogP contribution in [0.5, 0.6) is 5.75 Å². The molecule has 100 valence electrons. The Bertz CT molecular complexity index is 392. The number of methoxy groups -OCH3 is 1. The van der Waals surface area contributed by atoms with Crippen molar-refractivity contribution >= 4 is 0 Å². The van der Waals surface area contributed by atoms with Crippen molar-refractivity contribution in [3.63, 3.8) is 0 Å². The summed E-state index contributed by atoms with van der Waals surface area (Å²) < 4.78 is 5.26. The van der Waals surface area contributed by atoms with E-state index >= 15 is 0 Å². The number of aliphatic hydroxyl groups excluding tert-OH is 1. The molecule has 0 heterocycles. The van der Waals surface area contributed by atoms with Crippen LogP contribution < -0.4 is 10.1 Å². The van der Waals surface area contributed by atoms with Gasteiger partial charge in [0.1, 0.15) is 5.75 Å². The highest BCUT2D eigenvalue weighted by molar-refractivity contribution is 5.36. The monoisotopic (exact) mass is 249 g/mol. The molecule has 1 aliphatic rings. The first-order valence-electron chi connectivity index (χ1n) is 6.74. The number of benzene rings is 1. The summed E-state index contributed by atoms with van der Waals surface area (Å²) in [5, 5.41) is 13.2. The number of nitrogens with one attached hydrogen (secondary N) is 1. The highest BCUT2D eigenvalue weighted by atomic mass is 16.5. The molecular formula is C15H23NO2. The first-order valence-corrected chi connectivity index (χ1v) is 6.74. The first-order chi connectivity index (χ1) is 8.69. The smallest absolute Gasteiger partial charge is 0.121 e. The third kappa shape index (κ3) is 3.47. The quantitative estimate of drug-likeness (QED) is 0.861. The van der Waals surface area contributed by atoms with E-state index in [0.717, 1.165) is 31.6 Å². The van der Waals surface area contributed by atoms with Crippen molar-refractivity contribution < 1.29 is 9.84 Å². The van der Waals surface area contributed by atoms with Gasteiger partial charge in [-0.15, -0.1) is 0 Å². The van der Waals surface area contributed by atoms with Gasteiger partial charge >= 0.3 is 0 Å². The van der Waals surface area contributed by atoms with E-state index in [1.165, 1.54) is 17.5 Å². The normalized spacial score (nSPS) is 23.9. The highest BCUT2D eigenvalue weighted by Gasteiger charge is 2.19. The Kier molecular flexibility index (Phi) is 4.61. The third-order valence-corrected chi connectivity index (χ3v) is 3.70. The molecule has 2 rings (SSSR count). The van der Waals surface area contributed by atoms with Gasteiger partial charge in [-0.2, -0.15) is 0 Å². The van der Waals surface area contributed by atoms with Crippen LogP contribution in [-0.2, 0) is 6.54 Å². The molecule has 2 atom stereocenters. The lowest BCUT2D eigenvalue weighted by atomic mass is 9.93. The molecule has 1 aromatic rings.